The number of allylic oxidation sites excluding steroid dienone is 1. The fraction of sp³-hybridized carbons (Fsp3) is 0.231. The van der Waals surface area contributed by atoms with Crippen molar-refractivity contribution in [3.05, 3.63) is 67.4 Å². The number of fused-ring (bicyclic) bond motifs is 2. The van der Waals surface area contributed by atoms with Crippen molar-refractivity contribution in [2.75, 3.05) is 5.32 Å². The minimum Gasteiger partial charge on any atom is -0.358 e. The number of hydrogen-bond acceptors (Lipinski definition) is 5. The number of hydrogen-bond donors (Lipinski definition) is 3. The normalized spacial score (nSPS) is 14.7. The van der Waals surface area contributed by atoms with E-state index in [0.717, 1.165) is 50.3 Å². The van der Waals surface area contributed by atoms with Crippen LogP contribution in [0.3, 0.4) is 0 Å². The molecule has 5 heterocycles. The van der Waals surface area contributed by atoms with E-state index in [1.165, 1.54) is 32.1 Å². The van der Waals surface area contributed by atoms with E-state index in [9.17, 15) is 0 Å². The first-order valence-electron chi connectivity index (χ1n) is 11.4. The molecule has 5 aromatic heterocycles. The van der Waals surface area contributed by atoms with E-state index in [-0.39, 0.29) is 0 Å². The van der Waals surface area contributed by atoms with Crippen LogP contribution in [0.5, 0.6) is 0 Å². The van der Waals surface area contributed by atoms with E-state index in [4.69, 9.17) is 0 Å². The molecule has 5 aromatic rings. The Hall–Kier alpha value is -4.00. The lowest BCUT2D eigenvalue weighted by atomic mass is 9.87. The molecular weight excluding hydrogens is 410 g/mol. The Morgan fingerprint density at radius 1 is 1.00 bits per heavy atom. The van der Waals surface area contributed by atoms with Gasteiger partial charge in [-0.05, 0) is 49.1 Å². The Balaban J connectivity index is 1.32. The molecule has 0 bridgehead atoms. The number of anilines is 1. The van der Waals surface area contributed by atoms with E-state index >= 15 is 0 Å². The van der Waals surface area contributed by atoms with Crippen LogP contribution in [0.2, 0.25) is 0 Å². The van der Waals surface area contributed by atoms with Gasteiger partial charge in [-0.3, -0.25) is 10.1 Å². The Kier molecular flexibility index (Phi) is 4.87. The quantitative estimate of drug-likeness (QED) is 0.311. The predicted molar refractivity (Wildman–Crippen MR) is 132 cm³/mol. The number of aromatic amines is 2. The first-order chi connectivity index (χ1) is 16.2. The van der Waals surface area contributed by atoms with Crippen LogP contribution in [0.1, 0.15) is 32.1 Å². The minimum atomic E-state index is 0.541. The van der Waals surface area contributed by atoms with Gasteiger partial charge in [0.05, 0.1) is 23.3 Å². The highest BCUT2D eigenvalue weighted by Gasteiger charge is 2.17. The number of nitrogens with one attached hydrogen (secondary N) is 3. The van der Waals surface area contributed by atoms with Gasteiger partial charge in [0.2, 0.25) is 0 Å². The van der Waals surface area contributed by atoms with E-state index in [1.54, 1.807) is 6.20 Å². The largest absolute Gasteiger partial charge is 0.358 e. The first-order valence-corrected chi connectivity index (χ1v) is 11.4. The fourth-order valence-electron chi connectivity index (χ4n) is 4.76. The van der Waals surface area contributed by atoms with Crippen LogP contribution < -0.4 is 5.32 Å². The van der Waals surface area contributed by atoms with E-state index in [2.05, 4.69) is 60.2 Å². The van der Waals surface area contributed by atoms with Crippen molar-refractivity contribution in [1.29, 1.82) is 0 Å². The van der Waals surface area contributed by atoms with Crippen molar-refractivity contribution < 1.29 is 0 Å². The second-order valence-electron chi connectivity index (χ2n) is 8.77. The van der Waals surface area contributed by atoms with Crippen LogP contribution in [0.4, 0.5) is 5.69 Å². The molecule has 0 aromatic carbocycles. The third-order valence-corrected chi connectivity index (χ3v) is 6.55. The molecule has 1 fully saturated rings. The summed E-state index contributed by atoms with van der Waals surface area (Å²) in [5.74, 6) is 0.541. The van der Waals surface area contributed by atoms with Crippen molar-refractivity contribution in [1.82, 2.24) is 30.1 Å². The maximum Gasteiger partial charge on any atom is 0.181 e. The van der Waals surface area contributed by atoms with Gasteiger partial charge < -0.3 is 10.3 Å². The number of aromatic nitrogens is 6. The first kappa shape index (κ1) is 19.7. The van der Waals surface area contributed by atoms with Crippen LogP contribution in [0.25, 0.3) is 44.6 Å². The Morgan fingerprint density at radius 3 is 2.76 bits per heavy atom. The molecule has 1 saturated carbocycles. The summed E-state index contributed by atoms with van der Waals surface area (Å²) in [4.78, 5) is 16.8. The van der Waals surface area contributed by atoms with Gasteiger partial charge in [0.1, 0.15) is 5.65 Å². The van der Waals surface area contributed by atoms with Gasteiger partial charge in [-0.25, -0.2) is 9.97 Å². The van der Waals surface area contributed by atoms with Crippen LogP contribution in [-0.2, 0) is 0 Å². The maximum atomic E-state index is 4.58. The third kappa shape index (κ3) is 3.75. The summed E-state index contributed by atoms with van der Waals surface area (Å²) in [7, 11) is 0. The predicted octanol–water partition coefficient (Wildman–Crippen LogP) is 6.07. The minimum absolute atomic E-state index is 0.541. The van der Waals surface area contributed by atoms with E-state index in [0.29, 0.717) is 11.6 Å². The summed E-state index contributed by atoms with van der Waals surface area (Å²) in [5.41, 5.74) is 7.38. The Labute approximate surface area is 191 Å². The molecular formula is C26H25N7. The zero-order valence-corrected chi connectivity index (χ0v) is 18.3. The molecule has 0 aliphatic heterocycles. The maximum absolute atomic E-state index is 4.58. The fourth-order valence-corrected chi connectivity index (χ4v) is 4.76. The van der Waals surface area contributed by atoms with Gasteiger partial charge in [-0.1, -0.05) is 25.8 Å². The van der Waals surface area contributed by atoms with Crippen LogP contribution >= 0.6 is 0 Å². The standard InChI is InChI=1S/C26H25N7/c1-16(17-6-3-2-4-7-17)30-21-10-19(13-27-15-21)20-11-22-24(32-33-26(22)29-14-20)23-12-18-8-5-9-28-25(18)31-23/h5,8-15,17,30H,1-4,6-7H2,(H,28,31)(H,29,32,33). The zero-order chi connectivity index (χ0) is 22.2. The summed E-state index contributed by atoms with van der Waals surface area (Å²) < 4.78 is 0. The number of rotatable bonds is 5. The van der Waals surface area contributed by atoms with Crippen LogP contribution in [0, 0.1) is 5.92 Å². The van der Waals surface area contributed by atoms with Crippen LogP contribution in [0.15, 0.2) is 67.4 Å². The molecule has 6 rings (SSSR count). The monoisotopic (exact) mass is 435 g/mol. The van der Waals surface area contributed by atoms with Crippen molar-refractivity contribution in [3.63, 3.8) is 0 Å². The Morgan fingerprint density at radius 2 is 1.88 bits per heavy atom. The lowest BCUT2D eigenvalue weighted by Gasteiger charge is -2.24. The molecule has 0 amide bonds. The number of H-pyrrole nitrogens is 2. The second-order valence-corrected chi connectivity index (χ2v) is 8.77. The summed E-state index contributed by atoms with van der Waals surface area (Å²) >= 11 is 0. The van der Waals surface area contributed by atoms with Gasteiger partial charge in [0.15, 0.2) is 5.65 Å². The third-order valence-electron chi connectivity index (χ3n) is 6.55. The summed E-state index contributed by atoms with van der Waals surface area (Å²) in [6.07, 6.45) is 13.7. The lowest BCUT2D eigenvalue weighted by Crippen LogP contribution is -2.14. The number of pyridine rings is 3. The highest BCUT2D eigenvalue weighted by molar-refractivity contribution is 5.95. The average molecular weight is 436 g/mol. The molecule has 7 nitrogen and oxygen atoms in total. The smallest absolute Gasteiger partial charge is 0.181 e. The molecule has 164 valence electrons. The van der Waals surface area contributed by atoms with Gasteiger partial charge in [-0.2, -0.15) is 5.10 Å². The molecule has 3 N–H and O–H groups in total. The molecule has 33 heavy (non-hydrogen) atoms. The van der Waals surface area contributed by atoms with Crippen molar-refractivity contribution in [3.8, 4) is 22.5 Å². The van der Waals surface area contributed by atoms with Crippen molar-refractivity contribution in [2.45, 2.75) is 32.1 Å². The van der Waals surface area contributed by atoms with Crippen molar-refractivity contribution in [2.24, 2.45) is 5.92 Å². The van der Waals surface area contributed by atoms with E-state index < -0.39 is 0 Å². The second kappa shape index (κ2) is 8.16. The molecule has 0 unspecified atom stereocenters. The SMILES string of the molecule is C=C(Nc1cncc(-c2cnc3n[nH]c(-c4cc5cccnc5[nH]4)c3c2)c1)C1CCCCC1. The van der Waals surface area contributed by atoms with Gasteiger partial charge in [0, 0.05) is 46.2 Å². The highest BCUT2D eigenvalue weighted by atomic mass is 15.2. The molecule has 0 atom stereocenters. The van der Waals surface area contributed by atoms with Gasteiger partial charge in [0.25, 0.3) is 0 Å². The topological polar surface area (TPSA) is 95.2 Å². The molecule has 7 heteroatoms. The van der Waals surface area contributed by atoms with E-state index in [1.807, 2.05) is 30.7 Å². The Bertz CT molecular complexity index is 1420. The van der Waals surface area contributed by atoms with Gasteiger partial charge >= 0.3 is 0 Å². The van der Waals surface area contributed by atoms with Gasteiger partial charge in [-0.15, -0.1) is 0 Å². The summed E-state index contributed by atoms with van der Waals surface area (Å²) in [6, 6.07) is 10.3. The molecule has 0 saturated heterocycles. The molecule has 0 radical (unpaired) electrons. The molecule has 0 spiro atoms. The molecule has 1 aliphatic carbocycles. The highest BCUT2D eigenvalue weighted by Crippen LogP contribution is 2.32. The average Bonchev–Trinajstić information content (AvgIpc) is 3.48. The number of nitrogens with zero attached hydrogens (tertiary/aromatic N) is 4. The van der Waals surface area contributed by atoms with Crippen LogP contribution in [-0.4, -0.2) is 30.1 Å². The van der Waals surface area contributed by atoms with Crippen molar-refractivity contribution >= 4 is 27.8 Å². The zero-order valence-electron chi connectivity index (χ0n) is 18.3. The lowest BCUT2D eigenvalue weighted by molar-refractivity contribution is 0.405. The summed E-state index contributed by atoms with van der Waals surface area (Å²) in [6.45, 7) is 4.30. The molecule has 1 aliphatic rings. The summed E-state index contributed by atoms with van der Waals surface area (Å²) in [5, 5.41) is 13.0.